The van der Waals surface area contributed by atoms with E-state index in [1.54, 1.807) is 6.92 Å². The maximum atomic E-state index is 12.6. The molecule has 3 N–H and O–H groups in total. The van der Waals surface area contributed by atoms with Crippen molar-refractivity contribution in [2.45, 2.75) is 17.9 Å². The van der Waals surface area contributed by atoms with Crippen LogP contribution in [0.25, 0.3) is 0 Å². The number of rotatable bonds is 3. The van der Waals surface area contributed by atoms with Crippen LogP contribution >= 0.6 is 0 Å². The lowest BCUT2D eigenvalue weighted by molar-refractivity contribution is -0.126. The summed E-state index contributed by atoms with van der Waals surface area (Å²) in [5, 5.41) is 2.62. The number of hydrogen-bond acceptors (Lipinski definition) is 5. The van der Waals surface area contributed by atoms with E-state index in [0.29, 0.717) is 12.3 Å². The predicted octanol–water partition coefficient (Wildman–Crippen LogP) is -0.214. The van der Waals surface area contributed by atoms with Crippen molar-refractivity contribution >= 4 is 21.6 Å². The van der Waals surface area contributed by atoms with Gasteiger partial charge in [0.2, 0.25) is 15.9 Å². The van der Waals surface area contributed by atoms with Crippen LogP contribution in [0.15, 0.2) is 23.1 Å². The fourth-order valence-corrected chi connectivity index (χ4v) is 3.80. The molecule has 0 bridgehead atoms. The predicted molar refractivity (Wildman–Crippen MR) is 73.8 cm³/mol. The van der Waals surface area contributed by atoms with Crippen molar-refractivity contribution in [1.82, 2.24) is 9.62 Å². The molecule has 0 saturated carbocycles. The van der Waals surface area contributed by atoms with Gasteiger partial charge in [0.05, 0.1) is 12.8 Å². The second-order valence-electron chi connectivity index (χ2n) is 4.49. The van der Waals surface area contributed by atoms with Gasteiger partial charge in [0, 0.05) is 19.2 Å². The van der Waals surface area contributed by atoms with Gasteiger partial charge in [-0.05, 0) is 19.1 Å². The molecule has 110 valence electrons. The molecule has 1 amide bonds. The summed E-state index contributed by atoms with van der Waals surface area (Å²) in [6, 6.07) is 3.61. The first-order valence-corrected chi connectivity index (χ1v) is 7.55. The van der Waals surface area contributed by atoms with Crippen LogP contribution in [-0.2, 0) is 14.8 Å². The van der Waals surface area contributed by atoms with Crippen molar-refractivity contribution in [3.63, 3.8) is 0 Å². The number of nitrogens with zero attached hydrogens (tertiary/aromatic N) is 1. The highest BCUT2D eigenvalue weighted by atomic mass is 32.2. The molecule has 1 aliphatic heterocycles. The summed E-state index contributed by atoms with van der Waals surface area (Å²) in [5.41, 5.74) is 5.88. The number of benzene rings is 1. The molecule has 1 aromatic rings. The fraction of sp³-hybridized carbons (Fsp3) is 0.417. The van der Waals surface area contributed by atoms with Crippen LogP contribution in [0, 0.1) is 0 Å². The Morgan fingerprint density at radius 2 is 2.15 bits per heavy atom. The van der Waals surface area contributed by atoms with Crippen LogP contribution in [0.5, 0.6) is 5.75 Å². The SMILES string of the molecule is COc1ccc(S(=O)(=O)N2CCNC(=O)C2C)c(N)c1. The molecule has 0 aromatic heterocycles. The fourth-order valence-electron chi connectivity index (χ4n) is 2.10. The molecule has 1 fully saturated rings. The third kappa shape index (κ3) is 2.44. The van der Waals surface area contributed by atoms with Crippen molar-refractivity contribution in [3.8, 4) is 5.75 Å². The van der Waals surface area contributed by atoms with Gasteiger partial charge >= 0.3 is 0 Å². The van der Waals surface area contributed by atoms with Gasteiger partial charge in [-0.2, -0.15) is 4.31 Å². The molecule has 1 heterocycles. The largest absolute Gasteiger partial charge is 0.497 e. The Hall–Kier alpha value is -1.80. The lowest BCUT2D eigenvalue weighted by Gasteiger charge is -2.32. The number of piperazine rings is 1. The number of amides is 1. The van der Waals surface area contributed by atoms with Crippen LogP contribution in [0.3, 0.4) is 0 Å². The summed E-state index contributed by atoms with van der Waals surface area (Å²) >= 11 is 0. The van der Waals surface area contributed by atoms with E-state index in [-0.39, 0.29) is 23.0 Å². The number of sulfonamides is 1. The highest BCUT2D eigenvalue weighted by Gasteiger charge is 2.36. The van der Waals surface area contributed by atoms with Crippen LogP contribution in [0.4, 0.5) is 5.69 Å². The highest BCUT2D eigenvalue weighted by Crippen LogP contribution is 2.28. The zero-order valence-electron chi connectivity index (χ0n) is 11.3. The molecular weight excluding hydrogens is 282 g/mol. The molecule has 2 rings (SSSR count). The Morgan fingerprint density at radius 3 is 2.75 bits per heavy atom. The van der Waals surface area contributed by atoms with E-state index in [4.69, 9.17) is 10.5 Å². The van der Waals surface area contributed by atoms with Crippen molar-refractivity contribution in [1.29, 1.82) is 0 Å². The van der Waals surface area contributed by atoms with Gasteiger partial charge in [0.1, 0.15) is 16.7 Å². The number of nitrogen functional groups attached to an aromatic ring is 1. The Labute approximate surface area is 117 Å². The molecule has 1 atom stereocenters. The van der Waals surface area contributed by atoms with E-state index in [0.717, 1.165) is 4.31 Å². The van der Waals surface area contributed by atoms with Gasteiger partial charge in [-0.3, -0.25) is 4.79 Å². The molecule has 20 heavy (non-hydrogen) atoms. The van der Waals surface area contributed by atoms with E-state index in [1.165, 1.54) is 25.3 Å². The van der Waals surface area contributed by atoms with E-state index < -0.39 is 16.1 Å². The number of anilines is 1. The van der Waals surface area contributed by atoms with Gasteiger partial charge in [-0.15, -0.1) is 0 Å². The number of carbonyl (C=O) groups excluding carboxylic acids is 1. The zero-order chi connectivity index (χ0) is 14.9. The second kappa shape index (κ2) is 5.29. The first kappa shape index (κ1) is 14.6. The standard InChI is InChI=1S/C12H17N3O4S/c1-8-12(16)14-5-6-15(8)20(17,18)11-4-3-9(19-2)7-10(11)13/h3-4,7-8H,5-6,13H2,1-2H3,(H,14,16). The number of carbonyl (C=O) groups is 1. The summed E-state index contributed by atoms with van der Waals surface area (Å²) in [6.07, 6.45) is 0. The van der Waals surface area contributed by atoms with Crippen molar-refractivity contribution in [3.05, 3.63) is 18.2 Å². The van der Waals surface area contributed by atoms with Gasteiger partial charge in [-0.25, -0.2) is 8.42 Å². The van der Waals surface area contributed by atoms with E-state index >= 15 is 0 Å². The second-order valence-corrected chi connectivity index (χ2v) is 6.35. The van der Waals surface area contributed by atoms with Gasteiger partial charge in [0.25, 0.3) is 0 Å². The molecule has 0 aliphatic carbocycles. The van der Waals surface area contributed by atoms with Crippen LogP contribution < -0.4 is 15.8 Å². The molecule has 8 heteroatoms. The van der Waals surface area contributed by atoms with Gasteiger partial charge in [0.15, 0.2) is 0 Å². The third-order valence-corrected chi connectivity index (χ3v) is 5.29. The summed E-state index contributed by atoms with van der Waals surface area (Å²) < 4.78 is 31.3. The quantitative estimate of drug-likeness (QED) is 0.752. The highest BCUT2D eigenvalue weighted by molar-refractivity contribution is 7.89. The summed E-state index contributed by atoms with van der Waals surface area (Å²) in [7, 11) is -2.34. The maximum absolute atomic E-state index is 12.6. The normalized spacial score (nSPS) is 20.5. The number of nitrogens with two attached hydrogens (primary N) is 1. The molecule has 0 spiro atoms. The summed E-state index contributed by atoms with van der Waals surface area (Å²) in [5.74, 6) is 0.165. The van der Waals surface area contributed by atoms with E-state index in [9.17, 15) is 13.2 Å². The Bertz CT molecular complexity index is 630. The lowest BCUT2D eigenvalue weighted by Crippen LogP contribution is -2.55. The van der Waals surface area contributed by atoms with Crippen molar-refractivity contribution < 1.29 is 17.9 Å². The Morgan fingerprint density at radius 1 is 1.45 bits per heavy atom. The number of nitrogens with one attached hydrogen (secondary N) is 1. The van der Waals surface area contributed by atoms with Gasteiger partial charge in [-0.1, -0.05) is 0 Å². The third-order valence-electron chi connectivity index (χ3n) is 3.25. The first-order chi connectivity index (χ1) is 9.37. The number of ether oxygens (including phenoxy) is 1. The minimum Gasteiger partial charge on any atom is -0.497 e. The van der Waals surface area contributed by atoms with Crippen LogP contribution in [-0.4, -0.2) is 44.9 Å². The van der Waals surface area contributed by atoms with E-state index in [1.807, 2.05) is 0 Å². The topological polar surface area (TPSA) is 102 Å². The molecule has 7 nitrogen and oxygen atoms in total. The lowest BCUT2D eigenvalue weighted by atomic mass is 10.2. The van der Waals surface area contributed by atoms with Crippen molar-refractivity contribution in [2.75, 3.05) is 25.9 Å². The molecular formula is C12H17N3O4S. The monoisotopic (exact) mass is 299 g/mol. The molecule has 1 saturated heterocycles. The van der Waals surface area contributed by atoms with Crippen LogP contribution in [0.2, 0.25) is 0 Å². The van der Waals surface area contributed by atoms with Gasteiger partial charge < -0.3 is 15.8 Å². The number of methoxy groups -OCH3 is 1. The van der Waals surface area contributed by atoms with E-state index in [2.05, 4.69) is 5.32 Å². The minimum absolute atomic E-state index is 0.0140. The average molecular weight is 299 g/mol. The smallest absolute Gasteiger partial charge is 0.245 e. The molecule has 0 radical (unpaired) electrons. The summed E-state index contributed by atoms with van der Waals surface area (Å²) in [4.78, 5) is 11.6. The maximum Gasteiger partial charge on any atom is 0.245 e. The molecule has 1 aliphatic rings. The number of hydrogen-bond donors (Lipinski definition) is 2. The first-order valence-electron chi connectivity index (χ1n) is 6.11. The average Bonchev–Trinajstić information content (AvgIpc) is 2.41. The minimum atomic E-state index is -3.81. The summed E-state index contributed by atoms with van der Waals surface area (Å²) in [6.45, 7) is 2.06. The molecule has 1 aromatic carbocycles. The van der Waals surface area contributed by atoms with Crippen LogP contribution in [0.1, 0.15) is 6.92 Å². The zero-order valence-corrected chi connectivity index (χ0v) is 12.1. The van der Waals surface area contributed by atoms with Crippen molar-refractivity contribution in [2.24, 2.45) is 0 Å². The molecule has 1 unspecified atom stereocenters. The Kier molecular flexibility index (Phi) is 3.87. The Balaban J connectivity index is 2.42.